The van der Waals surface area contributed by atoms with Crippen LogP contribution in [-0.2, 0) is 16.0 Å². The molecule has 2 heterocycles. The number of carbonyl (C=O) groups excluding carboxylic acids is 3. The number of hydrogen-bond donors (Lipinski definition) is 2. The zero-order chi connectivity index (χ0) is 17.6. The van der Waals surface area contributed by atoms with Crippen LogP contribution in [0.5, 0.6) is 0 Å². The van der Waals surface area contributed by atoms with Crippen molar-refractivity contribution in [3.05, 3.63) is 60.2 Å². The molecule has 0 aliphatic carbocycles. The molecule has 1 aliphatic rings. The molecule has 0 spiro atoms. The molecule has 1 aliphatic heterocycles. The topological polar surface area (TPSA) is 101 Å². The zero-order valence-corrected chi connectivity index (χ0v) is 14.0. The van der Waals surface area contributed by atoms with Crippen LogP contribution in [0.15, 0.2) is 48.9 Å². The van der Waals surface area contributed by atoms with Crippen molar-refractivity contribution in [1.82, 2.24) is 20.6 Å². The Bertz CT molecular complexity index is 770. The van der Waals surface area contributed by atoms with Gasteiger partial charge in [-0.1, -0.05) is 42.1 Å². The molecule has 0 unspecified atom stereocenters. The lowest BCUT2D eigenvalue weighted by Gasteiger charge is -2.27. The summed E-state index contributed by atoms with van der Waals surface area (Å²) >= 11 is 1.18. The minimum absolute atomic E-state index is 0.0629. The molecule has 0 radical (unpaired) electrons. The Labute approximate surface area is 148 Å². The summed E-state index contributed by atoms with van der Waals surface area (Å²) in [6.45, 7) is 0. The monoisotopic (exact) mass is 356 g/mol. The predicted molar refractivity (Wildman–Crippen MR) is 92.8 cm³/mol. The fourth-order valence-corrected chi connectivity index (χ4v) is 2.93. The van der Waals surface area contributed by atoms with Gasteiger partial charge in [-0.2, -0.15) is 0 Å². The number of benzene rings is 1. The number of thioether (sulfide) groups is 1. The van der Waals surface area contributed by atoms with Crippen LogP contribution >= 0.6 is 11.8 Å². The predicted octanol–water partition coefficient (Wildman–Crippen LogP) is 0.576. The second kappa shape index (κ2) is 7.89. The second-order valence-electron chi connectivity index (χ2n) is 5.50. The van der Waals surface area contributed by atoms with Gasteiger partial charge in [0.15, 0.2) is 0 Å². The maximum atomic E-state index is 12.5. The molecule has 8 heteroatoms. The minimum atomic E-state index is -0.810. The summed E-state index contributed by atoms with van der Waals surface area (Å²) in [6.07, 6.45) is 4.52. The number of carbonyl (C=O) groups is 3. The number of nitrogens with one attached hydrogen (secondary N) is 2. The van der Waals surface area contributed by atoms with Gasteiger partial charge in [-0.05, 0) is 5.56 Å². The molecule has 2 N–H and O–H groups in total. The fraction of sp³-hybridized carbons (Fsp3) is 0.235. The molecule has 1 saturated heterocycles. The van der Waals surface area contributed by atoms with Gasteiger partial charge in [-0.15, -0.1) is 0 Å². The molecule has 1 aromatic heterocycles. The van der Waals surface area contributed by atoms with Crippen molar-refractivity contribution >= 4 is 28.7 Å². The number of nitrogens with zero attached hydrogens (tertiary/aromatic N) is 2. The van der Waals surface area contributed by atoms with Crippen molar-refractivity contribution in [2.45, 2.75) is 18.5 Å². The van der Waals surface area contributed by atoms with Gasteiger partial charge in [-0.3, -0.25) is 19.4 Å². The second-order valence-corrected chi connectivity index (χ2v) is 6.52. The first kappa shape index (κ1) is 17.1. The Kier molecular flexibility index (Phi) is 5.39. The molecule has 2 atom stereocenters. The van der Waals surface area contributed by atoms with E-state index in [1.807, 2.05) is 30.3 Å². The number of rotatable bonds is 6. The molecular formula is C17H16N4O3S. The van der Waals surface area contributed by atoms with Gasteiger partial charge < -0.3 is 10.6 Å². The van der Waals surface area contributed by atoms with E-state index < -0.39 is 18.0 Å². The van der Waals surface area contributed by atoms with Crippen LogP contribution in [0.4, 0.5) is 0 Å². The first-order valence-electron chi connectivity index (χ1n) is 7.71. The van der Waals surface area contributed by atoms with E-state index in [0.29, 0.717) is 12.2 Å². The summed E-state index contributed by atoms with van der Waals surface area (Å²) in [6, 6.07) is 8.06. The highest BCUT2D eigenvalue weighted by Gasteiger charge is 2.33. The van der Waals surface area contributed by atoms with Gasteiger partial charge in [-0.25, -0.2) is 4.98 Å². The number of hydrogen-bond acceptors (Lipinski definition) is 6. The SMILES string of the molecule is O=C(N[C@@H](Cc1ccccc1)C(=O)N[C@H]1CSC1=O)c1cnccn1. The van der Waals surface area contributed by atoms with Crippen LogP contribution < -0.4 is 10.6 Å². The molecule has 7 nitrogen and oxygen atoms in total. The van der Waals surface area contributed by atoms with E-state index in [9.17, 15) is 14.4 Å². The van der Waals surface area contributed by atoms with Crippen molar-refractivity contribution < 1.29 is 14.4 Å². The zero-order valence-electron chi connectivity index (χ0n) is 13.2. The highest BCUT2D eigenvalue weighted by atomic mass is 32.2. The number of aromatic nitrogens is 2. The molecule has 128 valence electrons. The minimum Gasteiger partial charge on any atom is -0.343 e. The van der Waals surface area contributed by atoms with Crippen LogP contribution in [0.1, 0.15) is 16.1 Å². The summed E-state index contributed by atoms with van der Waals surface area (Å²) < 4.78 is 0. The smallest absolute Gasteiger partial charge is 0.272 e. The van der Waals surface area contributed by atoms with Crippen LogP contribution in [0.2, 0.25) is 0 Å². The third-order valence-electron chi connectivity index (χ3n) is 3.69. The molecule has 25 heavy (non-hydrogen) atoms. The van der Waals surface area contributed by atoms with Crippen LogP contribution in [0.3, 0.4) is 0 Å². The van der Waals surface area contributed by atoms with Crippen molar-refractivity contribution in [1.29, 1.82) is 0 Å². The summed E-state index contributed by atoms with van der Waals surface area (Å²) in [7, 11) is 0. The first-order chi connectivity index (χ1) is 12.1. The van der Waals surface area contributed by atoms with E-state index in [1.165, 1.54) is 30.4 Å². The summed E-state index contributed by atoms with van der Waals surface area (Å²) in [5.41, 5.74) is 1.03. The standard InChI is InChI=1S/C17H16N4O3S/c22-15(21-14-10-25-17(14)24)12(8-11-4-2-1-3-5-11)20-16(23)13-9-18-6-7-19-13/h1-7,9,12,14H,8,10H2,(H,20,23)(H,21,22)/t12-,14-/m0/s1. The molecule has 1 aromatic carbocycles. The van der Waals surface area contributed by atoms with E-state index in [0.717, 1.165) is 5.56 Å². The van der Waals surface area contributed by atoms with Crippen molar-refractivity contribution in [2.24, 2.45) is 0 Å². The van der Waals surface area contributed by atoms with Gasteiger partial charge >= 0.3 is 0 Å². The highest BCUT2D eigenvalue weighted by Crippen LogP contribution is 2.20. The van der Waals surface area contributed by atoms with Crippen molar-refractivity contribution in [3.8, 4) is 0 Å². The lowest BCUT2D eigenvalue weighted by molar-refractivity contribution is -0.126. The Hall–Kier alpha value is -2.74. The van der Waals surface area contributed by atoms with Gasteiger partial charge in [0, 0.05) is 24.6 Å². The van der Waals surface area contributed by atoms with Gasteiger partial charge in [0.05, 0.1) is 6.20 Å². The van der Waals surface area contributed by atoms with Gasteiger partial charge in [0.25, 0.3) is 5.91 Å². The maximum absolute atomic E-state index is 12.5. The average molecular weight is 356 g/mol. The van der Waals surface area contributed by atoms with Gasteiger partial charge in [0.2, 0.25) is 11.0 Å². The van der Waals surface area contributed by atoms with E-state index in [4.69, 9.17) is 0 Å². The van der Waals surface area contributed by atoms with E-state index in [-0.39, 0.29) is 16.7 Å². The van der Waals surface area contributed by atoms with Crippen LogP contribution in [0, 0.1) is 0 Å². The lowest BCUT2D eigenvalue weighted by Crippen LogP contribution is -2.55. The largest absolute Gasteiger partial charge is 0.343 e. The highest BCUT2D eigenvalue weighted by molar-refractivity contribution is 8.16. The van der Waals surface area contributed by atoms with E-state index in [2.05, 4.69) is 20.6 Å². The van der Waals surface area contributed by atoms with Crippen molar-refractivity contribution in [2.75, 3.05) is 5.75 Å². The Balaban J connectivity index is 1.72. The lowest BCUT2D eigenvalue weighted by atomic mass is 10.0. The molecule has 0 bridgehead atoms. The first-order valence-corrected chi connectivity index (χ1v) is 8.70. The molecule has 2 amide bonds. The van der Waals surface area contributed by atoms with Crippen LogP contribution in [-0.4, -0.2) is 44.7 Å². The quantitative estimate of drug-likeness (QED) is 0.785. The van der Waals surface area contributed by atoms with E-state index >= 15 is 0 Å². The Morgan fingerprint density at radius 2 is 2.04 bits per heavy atom. The molecule has 2 aromatic rings. The molecule has 0 saturated carbocycles. The summed E-state index contributed by atoms with van der Waals surface area (Å²) in [5.74, 6) is -0.320. The Morgan fingerprint density at radius 3 is 2.64 bits per heavy atom. The fourth-order valence-electron chi connectivity index (χ4n) is 2.32. The molecule has 1 fully saturated rings. The van der Waals surface area contributed by atoms with Gasteiger partial charge in [0.1, 0.15) is 17.8 Å². The normalized spacial score (nSPS) is 17.3. The summed E-state index contributed by atoms with van der Waals surface area (Å²) in [5, 5.41) is 5.30. The van der Waals surface area contributed by atoms with Crippen molar-refractivity contribution in [3.63, 3.8) is 0 Å². The summed E-state index contributed by atoms with van der Waals surface area (Å²) in [4.78, 5) is 44.1. The Morgan fingerprint density at radius 1 is 1.24 bits per heavy atom. The number of amides is 2. The third-order valence-corrected chi connectivity index (χ3v) is 4.76. The molecule has 3 rings (SSSR count). The molecular weight excluding hydrogens is 340 g/mol. The maximum Gasteiger partial charge on any atom is 0.272 e. The third kappa shape index (κ3) is 4.42. The van der Waals surface area contributed by atoms with E-state index in [1.54, 1.807) is 0 Å². The van der Waals surface area contributed by atoms with Crippen LogP contribution in [0.25, 0.3) is 0 Å². The average Bonchev–Trinajstić information content (AvgIpc) is 2.65.